The van der Waals surface area contributed by atoms with Crippen molar-refractivity contribution in [1.82, 2.24) is 10.6 Å². The smallest absolute Gasteiger partial charge is 0.00772 e. The first kappa shape index (κ1) is 36.9. The highest BCUT2D eigenvalue weighted by Gasteiger charge is 1.97. The van der Waals surface area contributed by atoms with Gasteiger partial charge in [0.05, 0.1) is 0 Å². The monoisotopic (exact) mass is 524 g/mol. The first-order valence-electron chi connectivity index (χ1n) is 17.5. The minimum Gasteiger partial charge on any atom is -0.329 e. The summed E-state index contributed by atoms with van der Waals surface area (Å²) >= 11 is 0. The lowest BCUT2D eigenvalue weighted by molar-refractivity contribution is 0.512. The van der Waals surface area contributed by atoms with Crippen LogP contribution in [-0.2, 0) is 0 Å². The average Bonchev–Trinajstić information content (AvgIpc) is 2.91. The van der Waals surface area contributed by atoms with Crippen molar-refractivity contribution in [2.24, 2.45) is 5.73 Å². The van der Waals surface area contributed by atoms with Gasteiger partial charge in [-0.15, -0.1) is 0 Å². The Bertz CT molecular complexity index is 340. The summed E-state index contributed by atoms with van der Waals surface area (Å²) in [6, 6.07) is 0. The van der Waals surface area contributed by atoms with Crippen LogP contribution < -0.4 is 16.4 Å². The number of rotatable bonds is 34. The Morgan fingerprint density at radius 3 is 0.811 bits per heavy atom. The van der Waals surface area contributed by atoms with E-state index in [1.54, 1.807) is 0 Å². The van der Waals surface area contributed by atoms with Crippen LogP contribution in [0.1, 0.15) is 187 Å². The number of hydrogen-bond donors (Lipinski definition) is 3. The first-order chi connectivity index (χ1) is 18.4. The van der Waals surface area contributed by atoms with Crippen molar-refractivity contribution in [2.45, 2.75) is 187 Å². The highest BCUT2D eigenvalue weighted by atomic mass is 14.9. The maximum Gasteiger partial charge on any atom is 0.00772 e. The van der Waals surface area contributed by atoms with Gasteiger partial charge in [0, 0.05) is 26.2 Å². The molecule has 4 N–H and O–H groups in total. The number of nitrogens with one attached hydrogen (secondary N) is 2. The predicted octanol–water partition coefficient (Wildman–Crippen LogP) is 10.1. The lowest BCUT2D eigenvalue weighted by atomic mass is 10.0. The topological polar surface area (TPSA) is 50.1 Å². The summed E-state index contributed by atoms with van der Waals surface area (Å²) in [7, 11) is 0. The zero-order chi connectivity index (χ0) is 26.7. The van der Waals surface area contributed by atoms with Crippen molar-refractivity contribution in [1.29, 1.82) is 0 Å². The summed E-state index contributed by atoms with van der Waals surface area (Å²) < 4.78 is 0. The van der Waals surface area contributed by atoms with Gasteiger partial charge < -0.3 is 16.4 Å². The molecule has 0 atom stereocenters. The maximum absolute atomic E-state index is 5.46. The van der Waals surface area contributed by atoms with Crippen molar-refractivity contribution in [3.63, 3.8) is 0 Å². The molecule has 0 rings (SSSR count). The van der Waals surface area contributed by atoms with Crippen LogP contribution in [0.4, 0.5) is 0 Å². The summed E-state index contributed by atoms with van der Waals surface area (Å²) in [6.45, 7) is 7.25. The second-order valence-corrected chi connectivity index (χ2v) is 11.8. The van der Waals surface area contributed by atoms with Crippen molar-refractivity contribution in [3.05, 3.63) is 0 Å². The summed E-state index contributed by atoms with van der Waals surface area (Å²) in [5.74, 6) is 0. The molecule has 0 saturated heterocycles. The molecule has 0 aliphatic rings. The molecule has 3 nitrogen and oxygen atoms in total. The molecule has 3 heteroatoms. The number of nitrogens with two attached hydrogens (primary N) is 1. The van der Waals surface area contributed by atoms with Crippen molar-refractivity contribution in [3.8, 4) is 0 Å². The quantitative estimate of drug-likeness (QED) is 0.0735. The van der Waals surface area contributed by atoms with Gasteiger partial charge in [-0.3, -0.25) is 0 Å². The van der Waals surface area contributed by atoms with E-state index in [9.17, 15) is 0 Å². The highest BCUT2D eigenvalue weighted by Crippen LogP contribution is 2.16. The molecule has 0 aromatic carbocycles. The van der Waals surface area contributed by atoms with Crippen LogP contribution in [0.2, 0.25) is 0 Å². The molecule has 224 valence electrons. The molecule has 0 aliphatic carbocycles. The van der Waals surface area contributed by atoms with Crippen LogP contribution in [0.3, 0.4) is 0 Å². The Morgan fingerprint density at radius 1 is 0.297 bits per heavy atom. The van der Waals surface area contributed by atoms with E-state index in [2.05, 4.69) is 17.6 Å². The molecular formula is C34H73N3. The van der Waals surface area contributed by atoms with Gasteiger partial charge in [-0.2, -0.15) is 0 Å². The van der Waals surface area contributed by atoms with Gasteiger partial charge in [0.25, 0.3) is 0 Å². The van der Waals surface area contributed by atoms with Gasteiger partial charge in [-0.05, 0) is 13.0 Å². The molecule has 0 bridgehead atoms. The van der Waals surface area contributed by atoms with Gasteiger partial charge in [0.1, 0.15) is 0 Å². The third-order valence-electron chi connectivity index (χ3n) is 8.01. The number of unbranched alkanes of at least 4 members (excludes halogenated alkanes) is 27. The minimum atomic E-state index is 0.736. The standard InChI is InChI=1S/C34H73N3/c1-2-3-4-5-6-7-8-9-10-11-12-13-14-15-16-17-18-19-20-21-22-23-24-25-26-27-28-29-31-36-33-34-37-32-30-35/h36-37H,2-35H2,1H3. The average molecular weight is 524 g/mol. The predicted molar refractivity (Wildman–Crippen MR) is 170 cm³/mol. The lowest BCUT2D eigenvalue weighted by Crippen LogP contribution is -2.31. The zero-order valence-corrected chi connectivity index (χ0v) is 25.9. The Kier molecular flexibility index (Phi) is 35.8. The fourth-order valence-electron chi connectivity index (χ4n) is 5.45. The third kappa shape index (κ3) is 35.9. The largest absolute Gasteiger partial charge is 0.329 e. The van der Waals surface area contributed by atoms with E-state index in [4.69, 9.17) is 5.73 Å². The van der Waals surface area contributed by atoms with E-state index in [0.717, 1.165) is 26.2 Å². The molecule has 0 saturated carbocycles. The van der Waals surface area contributed by atoms with Gasteiger partial charge in [-0.25, -0.2) is 0 Å². The van der Waals surface area contributed by atoms with Gasteiger partial charge in [0.15, 0.2) is 0 Å². The first-order valence-corrected chi connectivity index (χ1v) is 17.5. The molecule has 0 fully saturated rings. The second kappa shape index (κ2) is 35.9. The van der Waals surface area contributed by atoms with E-state index in [0.29, 0.717) is 0 Å². The second-order valence-electron chi connectivity index (χ2n) is 11.8. The van der Waals surface area contributed by atoms with Crippen molar-refractivity contribution < 1.29 is 0 Å². The van der Waals surface area contributed by atoms with Crippen LogP contribution in [0.5, 0.6) is 0 Å². The van der Waals surface area contributed by atoms with E-state index < -0.39 is 0 Å². The Morgan fingerprint density at radius 2 is 0.541 bits per heavy atom. The zero-order valence-electron chi connectivity index (χ0n) is 25.9. The molecule has 0 amide bonds. The summed E-state index contributed by atoms with van der Waals surface area (Å²) in [5, 5.41) is 6.83. The van der Waals surface area contributed by atoms with Crippen molar-refractivity contribution in [2.75, 3.05) is 32.7 Å². The Labute approximate surface area is 235 Å². The fraction of sp³-hybridized carbons (Fsp3) is 1.00. The van der Waals surface area contributed by atoms with Crippen LogP contribution >= 0.6 is 0 Å². The summed E-state index contributed by atoms with van der Waals surface area (Å²) in [4.78, 5) is 0. The maximum atomic E-state index is 5.46. The van der Waals surface area contributed by atoms with Crippen LogP contribution in [0, 0.1) is 0 Å². The van der Waals surface area contributed by atoms with Crippen molar-refractivity contribution >= 4 is 0 Å². The molecule has 0 unspecified atom stereocenters. The SMILES string of the molecule is CCCCCCCCCCCCCCCCCCCCCCCCCCCCCCNCCNCCN. The van der Waals surface area contributed by atoms with E-state index in [1.807, 2.05) is 0 Å². The molecular weight excluding hydrogens is 450 g/mol. The fourth-order valence-corrected chi connectivity index (χ4v) is 5.45. The van der Waals surface area contributed by atoms with Crippen LogP contribution in [0.25, 0.3) is 0 Å². The molecule has 0 aliphatic heterocycles. The minimum absolute atomic E-state index is 0.736. The van der Waals surface area contributed by atoms with Crippen LogP contribution in [0.15, 0.2) is 0 Å². The van der Waals surface area contributed by atoms with Gasteiger partial charge >= 0.3 is 0 Å². The Hall–Kier alpha value is -0.120. The highest BCUT2D eigenvalue weighted by molar-refractivity contribution is 4.55. The summed E-state index contributed by atoms with van der Waals surface area (Å²) in [5.41, 5.74) is 5.46. The molecule has 0 radical (unpaired) electrons. The molecule has 0 aromatic rings. The van der Waals surface area contributed by atoms with Crippen LogP contribution in [-0.4, -0.2) is 32.7 Å². The molecule has 0 spiro atoms. The summed E-state index contributed by atoms with van der Waals surface area (Å²) in [6.07, 6.45) is 41.0. The Balaban J connectivity index is 3.00. The molecule has 0 aromatic heterocycles. The van der Waals surface area contributed by atoms with Gasteiger partial charge in [-0.1, -0.05) is 180 Å². The van der Waals surface area contributed by atoms with Gasteiger partial charge in [0.2, 0.25) is 0 Å². The lowest BCUT2D eigenvalue weighted by Gasteiger charge is -2.06. The van der Waals surface area contributed by atoms with E-state index in [1.165, 1.54) is 186 Å². The molecule has 37 heavy (non-hydrogen) atoms. The molecule has 0 heterocycles. The van der Waals surface area contributed by atoms with E-state index in [-0.39, 0.29) is 0 Å². The number of hydrogen-bond acceptors (Lipinski definition) is 3. The van der Waals surface area contributed by atoms with E-state index >= 15 is 0 Å². The third-order valence-corrected chi connectivity index (χ3v) is 8.01. The normalized spacial score (nSPS) is 11.5.